The number of nitrogens with one attached hydrogen (secondary N) is 1. The number of hydrogen-bond donors (Lipinski definition) is 1. The van der Waals surface area contributed by atoms with Crippen LogP contribution in [0.2, 0.25) is 5.02 Å². The molecule has 2 aromatic rings. The summed E-state index contributed by atoms with van der Waals surface area (Å²) in [5, 5.41) is 7.69. The van der Waals surface area contributed by atoms with E-state index in [0.29, 0.717) is 22.4 Å². The predicted molar refractivity (Wildman–Crippen MR) is 69.2 cm³/mol. The SMILES string of the molecule is CCCNC(C)c1nc(-c2ncccc2Cl)no1. The van der Waals surface area contributed by atoms with E-state index in [1.54, 1.807) is 18.3 Å². The standard InChI is InChI=1S/C12H15ClN4O/c1-3-6-14-8(2)12-16-11(17-18-12)10-9(13)5-4-7-15-10/h4-5,7-8,14H,3,6H2,1-2H3. The van der Waals surface area contributed by atoms with E-state index in [-0.39, 0.29) is 6.04 Å². The molecule has 18 heavy (non-hydrogen) atoms. The predicted octanol–water partition coefficient (Wildman–Crippen LogP) is 2.85. The zero-order valence-electron chi connectivity index (χ0n) is 10.4. The van der Waals surface area contributed by atoms with Gasteiger partial charge in [-0.25, -0.2) is 0 Å². The fourth-order valence-corrected chi connectivity index (χ4v) is 1.71. The van der Waals surface area contributed by atoms with Crippen molar-refractivity contribution in [2.24, 2.45) is 0 Å². The van der Waals surface area contributed by atoms with Gasteiger partial charge in [0.1, 0.15) is 5.69 Å². The van der Waals surface area contributed by atoms with Crippen LogP contribution < -0.4 is 5.32 Å². The molecule has 1 atom stereocenters. The molecule has 0 radical (unpaired) electrons. The van der Waals surface area contributed by atoms with E-state index in [1.165, 1.54) is 0 Å². The zero-order valence-corrected chi connectivity index (χ0v) is 11.1. The van der Waals surface area contributed by atoms with E-state index in [0.717, 1.165) is 13.0 Å². The second-order valence-electron chi connectivity index (χ2n) is 3.97. The first-order valence-electron chi connectivity index (χ1n) is 5.90. The lowest BCUT2D eigenvalue weighted by Crippen LogP contribution is -2.19. The van der Waals surface area contributed by atoms with Crippen LogP contribution in [0.4, 0.5) is 0 Å². The molecule has 1 unspecified atom stereocenters. The molecular formula is C12H15ClN4O. The summed E-state index contributed by atoms with van der Waals surface area (Å²) in [6.07, 6.45) is 2.70. The molecule has 1 N–H and O–H groups in total. The molecule has 0 saturated heterocycles. The molecule has 0 aliphatic carbocycles. The summed E-state index contributed by atoms with van der Waals surface area (Å²) in [4.78, 5) is 8.45. The summed E-state index contributed by atoms with van der Waals surface area (Å²) in [6, 6.07) is 3.53. The minimum Gasteiger partial charge on any atom is -0.337 e. The second kappa shape index (κ2) is 5.93. The summed E-state index contributed by atoms with van der Waals surface area (Å²) in [5.74, 6) is 0.959. The molecule has 96 valence electrons. The van der Waals surface area contributed by atoms with Gasteiger partial charge in [0.2, 0.25) is 11.7 Å². The molecule has 2 rings (SSSR count). The van der Waals surface area contributed by atoms with Gasteiger partial charge < -0.3 is 9.84 Å². The number of nitrogens with zero attached hydrogens (tertiary/aromatic N) is 3. The first-order chi connectivity index (χ1) is 8.72. The van der Waals surface area contributed by atoms with Gasteiger partial charge >= 0.3 is 0 Å². The maximum Gasteiger partial charge on any atom is 0.243 e. The maximum atomic E-state index is 6.03. The maximum absolute atomic E-state index is 6.03. The molecular weight excluding hydrogens is 252 g/mol. The zero-order chi connectivity index (χ0) is 13.0. The van der Waals surface area contributed by atoms with Crippen molar-refractivity contribution in [3.05, 3.63) is 29.2 Å². The number of halogens is 1. The Balaban J connectivity index is 2.18. The highest BCUT2D eigenvalue weighted by atomic mass is 35.5. The smallest absolute Gasteiger partial charge is 0.243 e. The Bertz CT molecular complexity index is 514. The van der Waals surface area contributed by atoms with E-state index in [2.05, 4.69) is 27.4 Å². The van der Waals surface area contributed by atoms with Crippen LogP contribution in [-0.2, 0) is 0 Å². The van der Waals surface area contributed by atoms with Gasteiger partial charge in [-0.1, -0.05) is 23.7 Å². The summed E-state index contributed by atoms with van der Waals surface area (Å²) in [5.41, 5.74) is 0.539. The lowest BCUT2D eigenvalue weighted by molar-refractivity contribution is 0.340. The topological polar surface area (TPSA) is 63.8 Å². The van der Waals surface area contributed by atoms with Crippen LogP contribution in [0.25, 0.3) is 11.5 Å². The average Bonchev–Trinajstić information content (AvgIpc) is 2.86. The summed E-state index contributed by atoms with van der Waals surface area (Å²) < 4.78 is 5.21. The molecule has 5 nitrogen and oxygen atoms in total. The van der Waals surface area contributed by atoms with Gasteiger partial charge in [-0.05, 0) is 32.0 Å². The first kappa shape index (κ1) is 13.0. The van der Waals surface area contributed by atoms with Crippen molar-refractivity contribution in [1.29, 1.82) is 0 Å². The third kappa shape index (κ3) is 2.86. The van der Waals surface area contributed by atoms with Crippen LogP contribution in [0.3, 0.4) is 0 Å². The third-order valence-electron chi connectivity index (χ3n) is 2.48. The highest BCUT2D eigenvalue weighted by Crippen LogP contribution is 2.23. The van der Waals surface area contributed by atoms with Crippen molar-refractivity contribution >= 4 is 11.6 Å². The molecule has 0 saturated carbocycles. The van der Waals surface area contributed by atoms with E-state index >= 15 is 0 Å². The molecule has 0 aliphatic heterocycles. The lowest BCUT2D eigenvalue weighted by atomic mass is 10.3. The molecule has 0 bridgehead atoms. The molecule has 0 fully saturated rings. The summed E-state index contributed by atoms with van der Waals surface area (Å²) in [7, 11) is 0. The fourth-order valence-electron chi connectivity index (χ4n) is 1.51. The molecule has 0 aromatic carbocycles. The fraction of sp³-hybridized carbons (Fsp3) is 0.417. The van der Waals surface area contributed by atoms with Gasteiger partial charge in [0.15, 0.2) is 0 Å². The lowest BCUT2D eigenvalue weighted by Gasteiger charge is -2.06. The van der Waals surface area contributed by atoms with Crippen molar-refractivity contribution in [3.63, 3.8) is 0 Å². The van der Waals surface area contributed by atoms with Gasteiger partial charge in [-0.15, -0.1) is 0 Å². The van der Waals surface area contributed by atoms with E-state index < -0.39 is 0 Å². The molecule has 0 aliphatic rings. The van der Waals surface area contributed by atoms with Gasteiger partial charge in [0, 0.05) is 6.20 Å². The molecule has 2 aromatic heterocycles. The Morgan fingerprint density at radius 1 is 1.50 bits per heavy atom. The van der Waals surface area contributed by atoms with Crippen LogP contribution >= 0.6 is 11.6 Å². The van der Waals surface area contributed by atoms with Crippen LogP contribution in [-0.4, -0.2) is 21.7 Å². The van der Waals surface area contributed by atoms with Crippen molar-refractivity contribution in [2.45, 2.75) is 26.3 Å². The summed E-state index contributed by atoms with van der Waals surface area (Å²) in [6.45, 7) is 4.99. The quantitative estimate of drug-likeness (QED) is 0.902. The van der Waals surface area contributed by atoms with E-state index in [9.17, 15) is 0 Å². The van der Waals surface area contributed by atoms with Crippen LogP contribution in [0.15, 0.2) is 22.9 Å². The van der Waals surface area contributed by atoms with Crippen molar-refractivity contribution in [1.82, 2.24) is 20.4 Å². The normalized spacial score (nSPS) is 12.6. The van der Waals surface area contributed by atoms with Crippen LogP contribution in [0.5, 0.6) is 0 Å². The molecule has 6 heteroatoms. The Morgan fingerprint density at radius 2 is 2.33 bits per heavy atom. The average molecular weight is 267 g/mol. The number of pyridine rings is 1. The minimum atomic E-state index is 0.0219. The van der Waals surface area contributed by atoms with Crippen molar-refractivity contribution in [3.8, 4) is 11.5 Å². The highest BCUT2D eigenvalue weighted by Gasteiger charge is 2.16. The molecule has 0 spiro atoms. The van der Waals surface area contributed by atoms with Crippen LogP contribution in [0, 0.1) is 0 Å². The van der Waals surface area contributed by atoms with Crippen molar-refractivity contribution < 1.29 is 4.52 Å². The second-order valence-corrected chi connectivity index (χ2v) is 4.37. The Hall–Kier alpha value is -1.46. The minimum absolute atomic E-state index is 0.0219. The van der Waals surface area contributed by atoms with E-state index in [4.69, 9.17) is 16.1 Å². The number of hydrogen-bond acceptors (Lipinski definition) is 5. The van der Waals surface area contributed by atoms with Crippen LogP contribution in [0.1, 0.15) is 32.2 Å². The largest absolute Gasteiger partial charge is 0.337 e. The highest BCUT2D eigenvalue weighted by molar-refractivity contribution is 6.32. The van der Waals surface area contributed by atoms with Gasteiger partial charge in [0.25, 0.3) is 0 Å². The van der Waals surface area contributed by atoms with Gasteiger partial charge in [-0.2, -0.15) is 4.98 Å². The summed E-state index contributed by atoms with van der Waals surface area (Å²) >= 11 is 6.03. The Morgan fingerprint density at radius 3 is 3.06 bits per heavy atom. The van der Waals surface area contributed by atoms with Gasteiger partial charge in [-0.3, -0.25) is 4.98 Å². The van der Waals surface area contributed by atoms with E-state index in [1.807, 2.05) is 6.92 Å². The third-order valence-corrected chi connectivity index (χ3v) is 2.79. The Labute approximate surface area is 111 Å². The molecule has 0 amide bonds. The number of aromatic nitrogens is 3. The number of rotatable bonds is 5. The van der Waals surface area contributed by atoms with Gasteiger partial charge in [0.05, 0.1) is 11.1 Å². The van der Waals surface area contributed by atoms with Crippen molar-refractivity contribution in [2.75, 3.05) is 6.54 Å². The monoisotopic (exact) mass is 266 g/mol. The first-order valence-corrected chi connectivity index (χ1v) is 6.28. The Kier molecular flexibility index (Phi) is 4.28. The molecule has 2 heterocycles.